The number of carbonyl (C=O) groups is 2. The maximum absolute atomic E-state index is 9.64. The average Bonchev–Trinajstić information content (AvgIpc) is 2.18. The van der Waals surface area contributed by atoms with Crippen molar-refractivity contribution in [2.45, 2.75) is 31.7 Å². The molecule has 0 aromatic rings. The molecule has 1 fully saturated rings. The lowest BCUT2D eigenvalue weighted by atomic mass is 10.3. The molecule has 0 unspecified atom stereocenters. The van der Waals surface area contributed by atoms with Crippen LogP contribution in [0.3, 0.4) is 0 Å². The summed E-state index contributed by atoms with van der Waals surface area (Å²) in [5.41, 5.74) is 0. The Hall–Kier alpha value is -0.883. The van der Waals surface area contributed by atoms with Crippen LogP contribution in [0.4, 0.5) is 0 Å². The van der Waals surface area contributed by atoms with Crippen LogP contribution in [-0.2, 0) is 14.0 Å². The maximum atomic E-state index is 9.64. The fourth-order valence-electron chi connectivity index (χ4n) is 0.901. The molecule has 1 heterocycles. The Morgan fingerprint density at radius 2 is 1.71 bits per heavy atom. The van der Waals surface area contributed by atoms with E-state index in [9.17, 15) is 9.59 Å². The zero-order valence-electron chi connectivity index (χ0n) is 8.07. The third kappa shape index (κ3) is 11.1. The molecular weight excluding hydrogens is 204 g/mol. The molecular formula is C8H16O5Si. The van der Waals surface area contributed by atoms with Crippen molar-refractivity contribution >= 4 is 21.7 Å². The van der Waals surface area contributed by atoms with Crippen LogP contribution in [0.15, 0.2) is 0 Å². The van der Waals surface area contributed by atoms with Crippen LogP contribution in [-0.4, -0.2) is 38.5 Å². The first-order chi connectivity index (χ1) is 6.63. The molecule has 0 bridgehead atoms. The van der Waals surface area contributed by atoms with E-state index in [1.165, 1.54) is 18.9 Å². The zero-order chi connectivity index (χ0) is 10.8. The summed E-state index contributed by atoms with van der Waals surface area (Å²) in [6.07, 6.45) is 2.16. The van der Waals surface area contributed by atoms with Gasteiger partial charge < -0.3 is 14.6 Å². The van der Waals surface area contributed by atoms with E-state index in [0.717, 1.165) is 6.61 Å². The zero-order valence-corrected chi connectivity index (χ0v) is 9.48. The van der Waals surface area contributed by atoms with Gasteiger partial charge in [0.2, 0.25) is 0 Å². The molecule has 0 amide bonds. The van der Waals surface area contributed by atoms with Gasteiger partial charge in [0, 0.05) is 6.61 Å². The SMILES string of the molecule is C1CC[SiH2]OC1.O=C(O)CCC(=O)O. The third-order valence-corrected chi connectivity index (χ3v) is 3.00. The van der Waals surface area contributed by atoms with Crippen molar-refractivity contribution in [2.24, 2.45) is 0 Å². The molecule has 1 saturated heterocycles. The number of carboxylic acid groups (broad SMARTS) is 2. The lowest BCUT2D eigenvalue weighted by Gasteiger charge is -2.07. The van der Waals surface area contributed by atoms with Gasteiger partial charge in [-0.2, -0.15) is 0 Å². The van der Waals surface area contributed by atoms with E-state index in [-0.39, 0.29) is 22.6 Å². The van der Waals surface area contributed by atoms with Crippen molar-refractivity contribution in [1.82, 2.24) is 0 Å². The average molecular weight is 220 g/mol. The summed E-state index contributed by atoms with van der Waals surface area (Å²) >= 11 is 0. The molecule has 0 spiro atoms. The Bertz CT molecular complexity index is 153. The fraction of sp³-hybridized carbons (Fsp3) is 0.750. The minimum Gasteiger partial charge on any atom is -0.481 e. The molecule has 0 aromatic heterocycles. The van der Waals surface area contributed by atoms with E-state index < -0.39 is 11.9 Å². The standard InChI is InChI=1S/C4H6O4.C4H10OSi/c5-3(6)1-2-4(7)8;1-2-4-6-5-3-1/h1-2H2,(H,5,6)(H,7,8);1-4,6H2. The first-order valence-corrected chi connectivity index (χ1v) is 6.22. The third-order valence-electron chi connectivity index (χ3n) is 1.63. The van der Waals surface area contributed by atoms with E-state index in [0.29, 0.717) is 0 Å². The Morgan fingerprint density at radius 3 is 1.86 bits per heavy atom. The highest BCUT2D eigenvalue weighted by molar-refractivity contribution is 6.27. The summed E-state index contributed by atoms with van der Waals surface area (Å²) in [6, 6.07) is 1.42. The van der Waals surface area contributed by atoms with Crippen LogP contribution >= 0.6 is 0 Å². The van der Waals surface area contributed by atoms with Crippen LogP contribution in [0.1, 0.15) is 25.7 Å². The van der Waals surface area contributed by atoms with Gasteiger partial charge >= 0.3 is 11.9 Å². The molecule has 82 valence electrons. The van der Waals surface area contributed by atoms with Gasteiger partial charge in [-0.05, 0) is 12.5 Å². The van der Waals surface area contributed by atoms with Crippen molar-refractivity contribution in [1.29, 1.82) is 0 Å². The highest BCUT2D eigenvalue weighted by atomic mass is 28.2. The largest absolute Gasteiger partial charge is 0.481 e. The molecule has 0 aromatic carbocycles. The van der Waals surface area contributed by atoms with Gasteiger partial charge in [-0.1, -0.05) is 6.42 Å². The predicted molar refractivity (Wildman–Crippen MR) is 53.0 cm³/mol. The second kappa shape index (κ2) is 8.70. The summed E-state index contributed by atoms with van der Waals surface area (Å²) in [4.78, 5) is 19.3. The fourth-order valence-corrected chi connectivity index (χ4v) is 2.07. The first kappa shape index (κ1) is 13.1. The number of aliphatic carboxylic acids is 2. The Morgan fingerprint density at radius 1 is 1.14 bits per heavy atom. The second-order valence-electron chi connectivity index (χ2n) is 2.96. The molecule has 1 aliphatic heterocycles. The van der Waals surface area contributed by atoms with Crippen molar-refractivity contribution in [3.05, 3.63) is 0 Å². The molecule has 14 heavy (non-hydrogen) atoms. The quantitative estimate of drug-likeness (QED) is 0.665. The lowest BCUT2D eigenvalue weighted by molar-refractivity contribution is -0.143. The number of hydrogen-bond donors (Lipinski definition) is 2. The molecule has 0 saturated carbocycles. The van der Waals surface area contributed by atoms with Gasteiger partial charge in [-0.15, -0.1) is 0 Å². The van der Waals surface area contributed by atoms with Gasteiger partial charge in [0.1, 0.15) is 0 Å². The highest BCUT2D eigenvalue weighted by Gasteiger charge is 2.00. The molecule has 6 heteroatoms. The van der Waals surface area contributed by atoms with Gasteiger partial charge in [-0.25, -0.2) is 0 Å². The lowest BCUT2D eigenvalue weighted by Crippen LogP contribution is -2.06. The van der Waals surface area contributed by atoms with Crippen LogP contribution in [0.5, 0.6) is 0 Å². The summed E-state index contributed by atoms with van der Waals surface area (Å²) in [5, 5.41) is 15.8. The Balaban J connectivity index is 0.000000249. The number of carboxylic acids is 2. The summed E-state index contributed by atoms with van der Waals surface area (Å²) < 4.78 is 5.21. The topological polar surface area (TPSA) is 83.8 Å². The van der Waals surface area contributed by atoms with Crippen molar-refractivity contribution in [2.75, 3.05) is 6.61 Å². The van der Waals surface area contributed by atoms with Crippen molar-refractivity contribution in [3.8, 4) is 0 Å². The second-order valence-corrected chi connectivity index (χ2v) is 4.48. The van der Waals surface area contributed by atoms with E-state index >= 15 is 0 Å². The Labute approximate surface area is 85.0 Å². The summed E-state index contributed by atoms with van der Waals surface area (Å²) in [6.45, 7) is 1.06. The van der Waals surface area contributed by atoms with E-state index in [1.807, 2.05) is 0 Å². The van der Waals surface area contributed by atoms with E-state index in [4.69, 9.17) is 14.6 Å². The van der Waals surface area contributed by atoms with Crippen molar-refractivity contribution < 1.29 is 24.2 Å². The minimum absolute atomic E-state index is 0.00849. The van der Waals surface area contributed by atoms with Crippen molar-refractivity contribution in [3.63, 3.8) is 0 Å². The van der Waals surface area contributed by atoms with Gasteiger partial charge in [0.05, 0.1) is 12.8 Å². The molecule has 0 aliphatic carbocycles. The number of rotatable bonds is 3. The van der Waals surface area contributed by atoms with Crippen LogP contribution in [0, 0.1) is 0 Å². The smallest absolute Gasteiger partial charge is 0.303 e. The molecule has 5 nitrogen and oxygen atoms in total. The van der Waals surface area contributed by atoms with E-state index in [2.05, 4.69) is 0 Å². The monoisotopic (exact) mass is 220 g/mol. The molecule has 1 rings (SSSR count). The van der Waals surface area contributed by atoms with Gasteiger partial charge in [0.15, 0.2) is 9.76 Å². The highest BCUT2D eigenvalue weighted by Crippen LogP contribution is 2.01. The normalized spacial score (nSPS) is 16.9. The van der Waals surface area contributed by atoms with E-state index in [1.54, 1.807) is 0 Å². The molecule has 0 radical (unpaired) electrons. The first-order valence-electron chi connectivity index (χ1n) is 4.64. The number of hydrogen-bond acceptors (Lipinski definition) is 3. The predicted octanol–water partition coefficient (Wildman–Crippen LogP) is 0.235. The summed E-state index contributed by atoms with van der Waals surface area (Å²) in [5.74, 6) is -2.15. The maximum Gasteiger partial charge on any atom is 0.303 e. The van der Waals surface area contributed by atoms with Gasteiger partial charge in [-0.3, -0.25) is 9.59 Å². The van der Waals surface area contributed by atoms with Crippen LogP contribution in [0.2, 0.25) is 6.04 Å². The Kier molecular flexibility index (Phi) is 8.15. The molecule has 1 aliphatic rings. The summed E-state index contributed by atoms with van der Waals surface area (Å²) in [7, 11) is 0.00849. The molecule has 2 N–H and O–H groups in total. The molecule has 0 atom stereocenters. The van der Waals surface area contributed by atoms with Crippen LogP contribution in [0.25, 0.3) is 0 Å². The van der Waals surface area contributed by atoms with Crippen LogP contribution < -0.4 is 0 Å². The minimum atomic E-state index is -1.08. The van der Waals surface area contributed by atoms with Gasteiger partial charge in [0.25, 0.3) is 0 Å².